The Balaban J connectivity index is 2.07. The molecular formula is C15H17ClN6OS. The molecular weight excluding hydrogens is 348 g/mol. The summed E-state index contributed by atoms with van der Waals surface area (Å²) in [5.41, 5.74) is 0.621. The monoisotopic (exact) mass is 364 g/mol. The van der Waals surface area contributed by atoms with Crippen molar-refractivity contribution >= 4 is 35.0 Å². The van der Waals surface area contributed by atoms with Crippen LogP contribution in [0.15, 0.2) is 23.4 Å². The number of anilines is 1. The van der Waals surface area contributed by atoms with E-state index in [2.05, 4.69) is 20.8 Å². The van der Waals surface area contributed by atoms with Gasteiger partial charge in [-0.05, 0) is 56.3 Å². The predicted molar refractivity (Wildman–Crippen MR) is 92.9 cm³/mol. The molecule has 24 heavy (non-hydrogen) atoms. The fourth-order valence-electron chi connectivity index (χ4n) is 1.81. The molecule has 0 saturated heterocycles. The number of thioether (sulfide) groups is 1. The molecule has 2 rings (SSSR count). The normalized spacial score (nSPS) is 12.5. The van der Waals surface area contributed by atoms with Gasteiger partial charge in [-0.1, -0.05) is 23.4 Å². The third-order valence-corrected chi connectivity index (χ3v) is 4.43. The number of hydrogen-bond acceptors (Lipinski definition) is 6. The molecule has 0 radical (unpaired) electrons. The van der Waals surface area contributed by atoms with E-state index in [4.69, 9.17) is 16.9 Å². The molecule has 0 aliphatic rings. The summed E-state index contributed by atoms with van der Waals surface area (Å²) in [5.74, 6) is -0.204. The van der Waals surface area contributed by atoms with Crippen LogP contribution in [0, 0.1) is 11.3 Å². The molecule has 1 unspecified atom stereocenters. The lowest BCUT2D eigenvalue weighted by molar-refractivity contribution is -0.115. The van der Waals surface area contributed by atoms with Gasteiger partial charge in [-0.3, -0.25) is 4.79 Å². The Hall–Kier alpha value is -2.11. The molecule has 0 fully saturated rings. The average molecular weight is 365 g/mol. The molecule has 1 N–H and O–H groups in total. The Morgan fingerprint density at radius 1 is 1.46 bits per heavy atom. The number of nitriles is 1. The van der Waals surface area contributed by atoms with Crippen molar-refractivity contribution in [2.24, 2.45) is 0 Å². The topological polar surface area (TPSA) is 96.5 Å². The van der Waals surface area contributed by atoms with E-state index in [9.17, 15) is 4.79 Å². The summed E-state index contributed by atoms with van der Waals surface area (Å²) in [6, 6.07) is 6.73. The van der Waals surface area contributed by atoms with Crippen LogP contribution in [-0.4, -0.2) is 31.4 Å². The summed E-state index contributed by atoms with van der Waals surface area (Å²) in [4.78, 5) is 12.3. The lowest BCUT2D eigenvalue weighted by Crippen LogP contribution is -2.27. The fourth-order valence-corrected chi connectivity index (χ4v) is 3.01. The molecule has 1 amide bonds. The maximum absolute atomic E-state index is 12.3. The van der Waals surface area contributed by atoms with Gasteiger partial charge in [0.15, 0.2) is 0 Å². The van der Waals surface area contributed by atoms with Crippen molar-refractivity contribution in [1.82, 2.24) is 20.2 Å². The van der Waals surface area contributed by atoms with Gasteiger partial charge in [-0.15, -0.1) is 5.10 Å². The van der Waals surface area contributed by atoms with Gasteiger partial charge in [-0.25, -0.2) is 4.68 Å². The third kappa shape index (κ3) is 4.24. The molecule has 0 bridgehead atoms. The molecule has 1 aromatic carbocycles. The quantitative estimate of drug-likeness (QED) is 0.837. The van der Waals surface area contributed by atoms with Crippen LogP contribution in [0.5, 0.6) is 0 Å². The highest BCUT2D eigenvalue weighted by molar-refractivity contribution is 8.00. The van der Waals surface area contributed by atoms with E-state index in [1.807, 2.05) is 26.8 Å². The fraction of sp³-hybridized carbons (Fsp3) is 0.400. The van der Waals surface area contributed by atoms with Crippen molar-refractivity contribution < 1.29 is 4.79 Å². The van der Waals surface area contributed by atoms with E-state index >= 15 is 0 Å². The van der Waals surface area contributed by atoms with Gasteiger partial charge in [0.05, 0.1) is 21.4 Å². The number of carbonyl (C=O) groups excluding carboxylic acids is 1. The highest BCUT2D eigenvalue weighted by Crippen LogP contribution is 2.26. The SMILES string of the molecule is CC(Sc1nnnn1C(C)(C)C)C(=O)Nc1ccc(C#N)c(Cl)c1. The Morgan fingerprint density at radius 2 is 2.17 bits per heavy atom. The number of rotatable bonds is 4. The van der Waals surface area contributed by atoms with E-state index in [-0.39, 0.29) is 11.4 Å². The molecule has 1 heterocycles. The van der Waals surface area contributed by atoms with Gasteiger partial charge in [0.1, 0.15) is 6.07 Å². The molecule has 0 aliphatic heterocycles. The van der Waals surface area contributed by atoms with Crippen LogP contribution in [0.2, 0.25) is 5.02 Å². The summed E-state index contributed by atoms with van der Waals surface area (Å²) in [6.07, 6.45) is 0. The molecule has 0 saturated carbocycles. The summed E-state index contributed by atoms with van der Waals surface area (Å²) in [7, 11) is 0. The zero-order chi connectivity index (χ0) is 17.9. The molecule has 7 nitrogen and oxygen atoms in total. The third-order valence-electron chi connectivity index (χ3n) is 3.08. The minimum absolute atomic E-state index is 0.204. The van der Waals surface area contributed by atoms with Crippen molar-refractivity contribution in [2.75, 3.05) is 5.32 Å². The number of benzene rings is 1. The number of nitrogens with one attached hydrogen (secondary N) is 1. The van der Waals surface area contributed by atoms with Crippen LogP contribution in [0.4, 0.5) is 5.69 Å². The number of halogens is 1. The van der Waals surface area contributed by atoms with Gasteiger partial charge < -0.3 is 5.32 Å². The minimum atomic E-state index is -0.411. The van der Waals surface area contributed by atoms with E-state index in [1.165, 1.54) is 11.8 Å². The van der Waals surface area contributed by atoms with Gasteiger partial charge in [0.2, 0.25) is 11.1 Å². The van der Waals surface area contributed by atoms with Gasteiger partial charge in [0, 0.05) is 5.69 Å². The second-order valence-electron chi connectivity index (χ2n) is 6.10. The first-order chi connectivity index (χ1) is 11.2. The van der Waals surface area contributed by atoms with Crippen LogP contribution in [0.1, 0.15) is 33.3 Å². The largest absolute Gasteiger partial charge is 0.325 e. The summed E-state index contributed by atoms with van der Waals surface area (Å²) in [5, 5.41) is 23.7. The van der Waals surface area contributed by atoms with Gasteiger partial charge in [-0.2, -0.15) is 5.26 Å². The van der Waals surface area contributed by atoms with Gasteiger partial charge >= 0.3 is 0 Å². The van der Waals surface area contributed by atoms with Gasteiger partial charge in [0.25, 0.3) is 0 Å². The highest BCUT2D eigenvalue weighted by Gasteiger charge is 2.24. The second-order valence-corrected chi connectivity index (χ2v) is 7.82. The second kappa shape index (κ2) is 7.20. The standard InChI is InChI=1S/C15H17ClN6OS/c1-9(24-14-19-20-21-22(14)15(2,3)4)13(23)18-11-6-5-10(8-17)12(16)7-11/h5-7,9H,1-4H3,(H,18,23). The number of nitrogens with zero attached hydrogens (tertiary/aromatic N) is 5. The maximum atomic E-state index is 12.3. The first-order valence-electron chi connectivity index (χ1n) is 7.18. The smallest absolute Gasteiger partial charge is 0.237 e. The van der Waals surface area contributed by atoms with Crippen molar-refractivity contribution in [3.05, 3.63) is 28.8 Å². The van der Waals surface area contributed by atoms with Crippen molar-refractivity contribution in [1.29, 1.82) is 5.26 Å². The van der Waals surface area contributed by atoms with E-state index in [0.717, 1.165) is 0 Å². The Labute approximate surface area is 149 Å². The minimum Gasteiger partial charge on any atom is -0.325 e. The Morgan fingerprint density at radius 3 is 2.75 bits per heavy atom. The molecule has 126 valence electrons. The molecule has 2 aromatic rings. The van der Waals surface area contributed by atoms with Crippen LogP contribution in [0.3, 0.4) is 0 Å². The van der Waals surface area contributed by atoms with E-state index in [0.29, 0.717) is 21.4 Å². The zero-order valence-corrected chi connectivity index (χ0v) is 15.3. The lowest BCUT2D eigenvalue weighted by atomic mass is 10.1. The molecule has 9 heteroatoms. The van der Waals surface area contributed by atoms with Crippen LogP contribution < -0.4 is 5.32 Å². The molecule has 1 aromatic heterocycles. The van der Waals surface area contributed by atoms with E-state index < -0.39 is 5.25 Å². The number of tetrazole rings is 1. The first kappa shape index (κ1) is 18.2. The van der Waals surface area contributed by atoms with Crippen LogP contribution >= 0.6 is 23.4 Å². The van der Waals surface area contributed by atoms with Crippen LogP contribution in [0.25, 0.3) is 0 Å². The first-order valence-corrected chi connectivity index (χ1v) is 8.44. The van der Waals surface area contributed by atoms with E-state index in [1.54, 1.807) is 29.8 Å². The summed E-state index contributed by atoms with van der Waals surface area (Å²) in [6.45, 7) is 7.72. The number of aromatic nitrogens is 4. The summed E-state index contributed by atoms with van der Waals surface area (Å²) < 4.78 is 1.68. The van der Waals surface area contributed by atoms with Crippen molar-refractivity contribution in [3.63, 3.8) is 0 Å². The van der Waals surface area contributed by atoms with Crippen molar-refractivity contribution in [2.45, 2.75) is 43.6 Å². The lowest BCUT2D eigenvalue weighted by Gasteiger charge is -2.20. The number of carbonyl (C=O) groups is 1. The molecule has 0 spiro atoms. The Bertz CT molecular complexity index is 792. The highest BCUT2D eigenvalue weighted by atomic mass is 35.5. The Kier molecular flexibility index (Phi) is 5.47. The number of amides is 1. The van der Waals surface area contributed by atoms with Crippen LogP contribution in [-0.2, 0) is 10.3 Å². The average Bonchev–Trinajstić information content (AvgIpc) is 2.95. The number of hydrogen-bond donors (Lipinski definition) is 1. The van der Waals surface area contributed by atoms with Crippen molar-refractivity contribution in [3.8, 4) is 6.07 Å². The molecule has 0 aliphatic carbocycles. The molecule has 1 atom stereocenters. The maximum Gasteiger partial charge on any atom is 0.237 e. The summed E-state index contributed by atoms with van der Waals surface area (Å²) >= 11 is 7.24. The zero-order valence-electron chi connectivity index (χ0n) is 13.7. The predicted octanol–water partition coefficient (Wildman–Crippen LogP) is 3.07.